The maximum absolute atomic E-state index is 13.5. The van der Waals surface area contributed by atoms with Gasteiger partial charge in [-0.15, -0.1) is 11.6 Å². The molecule has 0 N–H and O–H groups in total. The Morgan fingerprint density at radius 1 is 0.939 bits per heavy atom. The molecule has 172 valence electrons. The molecule has 1 aliphatic rings. The summed E-state index contributed by atoms with van der Waals surface area (Å²) in [6.07, 6.45) is 0. The second-order valence-electron chi connectivity index (χ2n) is 8.17. The number of alkyl halides is 1. The molecule has 1 aromatic heterocycles. The highest BCUT2D eigenvalue weighted by atomic mass is 35.5. The maximum Gasteiger partial charge on any atom is 0.255 e. The number of piperazine rings is 1. The van der Waals surface area contributed by atoms with Crippen molar-refractivity contribution in [1.82, 2.24) is 14.4 Å². The van der Waals surface area contributed by atoms with Gasteiger partial charge in [0, 0.05) is 43.6 Å². The lowest BCUT2D eigenvalue weighted by Gasteiger charge is -2.35. The third kappa shape index (κ3) is 4.62. The van der Waals surface area contributed by atoms with Gasteiger partial charge in [-0.1, -0.05) is 36.4 Å². The molecule has 4 rings (SSSR count). The molecule has 3 aromatic rings. The van der Waals surface area contributed by atoms with Crippen LogP contribution in [-0.2, 0) is 4.79 Å². The van der Waals surface area contributed by atoms with Crippen LogP contribution >= 0.6 is 11.6 Å². The van der Waals surface area contributed by atoms with E-state index in [0.29, 0.717) is 31.7 Å². The number of aromatic nitrogens is 1. The number of ether oxygens (including phenoxy) is 1. The Balaban J connectivity index is 1.69. The van der Waals surface area contributed by atoms with E-state index in [2.05, 4.69) is 4.57 Å². The number of amides is 2. The van der Waals surface area contributed by atoms with Gasteiger partial charge >= 0.3 is 0 Å². The average molecular weight is 466 g/mol. The molecular formula is C26H28ClN3O3. The fourth-order valence-electron chi connectivity index (χ4n) is 4.28. The first-order valence-electron chi connectivity index (χ1n) is 11.0. The fraction of sp³-hybridized carbons (Fsp3) is 0.308. The van der Waals surface area contributed by atoms with Gasteiger partial charge < -0.3 is 19.1 Å². The fourth-order valence-corrected chi connectivity index (χ4v) is 4.42. The van der Waals surface area contributed by atoms with Crippen molar-refractivity contribution in [2.45, 2.75) is 19.2 Å². The summed E-state index contributed by atoms with van der Waals surface area (Å²) in [6, 6.07) is 19.8. The third-order valence-electron chi connectivity index (χ3n) is 6.08. The highest BCUT2D eigenvalue weighted by molar-refractivity contribution is 6.30. The van der Waals surface area contributed by atoms with Crippen molar-refractivity contribution >= 4 is 23.4 Å². The molecule has 2 aromatic carbocycles. The quantitative estimate of drug-likeness (QED) is 0.526. The predicted molar refractivity (Wildman–Crippen MR) is 130 cm³/mol. The zero-order valence-electron chi connectivity index (χ0n) is 19.1. The van der Waals surface area contributed by atoms with Crippen LogP contribution in [0.4, 0.5) is 0 Å². The first-order chi connectivity index (χ1) is 15.9. The number of carbonyl (C=O) groups is 2. The van der Waals surface area contributed by atoms with Crippen molar-refractivity contribution in [3.8, 4) is 22.7 Å². The minimum atomic E-state index is -0.556. The van der Waals surface area contributed by atoms with Crippen molar-refractivity contribution in [3.63, 3.8) is 0 Å². The second kappa shape index (κ2) is 9.71. The van der Waals surface area contributed by atoms with Gasteiger partial charge in [-0.05, 0) is 37.6 Å². The van der Waals surface area contributed by atoms with Crippen LogP contribution in [0.5, 0.6) is 5.75 Å². The molecule has 33 heavy (non-hydrogen) atoms. The topological polar surface area (TPSA) is 54.8 Å². The van der Waals surface area contributed by atoms with E-state index in [0.717, 1.165) is 28.4 Å². The van der Waals surface area contributed by atoms with Gasteiger partial charge in [0.05, 0.1) is 18.4 Å². The first kappa shape index (κ1) is 22.9. The van der Waals surface area contributed by atoms with Gasteiger partial charge in [-0.25, -0.2) is 0 Å². The second-order valence-corrected chi connectivity index (χ2v) is 8.82. The minimum absolute atomic E-state index is 0.0302. The molecule has 0 bridgehead atoms. The van der Waals surface area contributed by atoms with E-state index in [9.17, 15) is 9.59 Å². The molecular weight excluding hydrogens is 438 g/mol. The van der Waals surface area contributed by atoms with Crippen LogP contribution < -0.4 is 4.74 Å². The molecule has 1 unspecified atom stereocenters. The molecule has 1 aliphatic heterocycles. The Hall–Kier alpha value is -3.25. The van der Waals surface area contributed by atoms with Crippen LogP contribution in [0, 0.1) is 6.92 Å². The van der Waals surface area contributed by atoms with Crippen molar-refractivity contribution in [2.24, 2.45) is 0 Å². The SMILES string of the molecule is COc1cccc(-n2c(-c3ccccc3)cc(C(=O)N3CCN(C(=O)C(C)Cl)CC3)c2C)c1. The van der Waals surface area contributed by atoms with E-state index in [4.69, 9.17) is 16.3 Å². The summed E-state index contributed by atoms with van der Waals surface area (Å²) in [4.78, 5) is 29.3. The number of methoxy groups -OCH3 is 1. The molecule has 1 saturated heterocycles. The van der Waals surface area contributed by atoms with Gasteiger partial charge in [0.2, 0.25) is 5.91 Å². The van der Waals surface area contributed by atoms with Crippen LogP contribution in [0.15, 0.2) is 60.7 Å². The largest absolute Gasteiger partial charge is 0.497 e. The summed E-state index contributed by atoms with van der Waals surface area (Å²) in [6.45, 7) is 5.59. The smallest absolute Gasteiger partial charge is 0.255 e. The van der Waals surface area contributed by atoms with Crippen molar-refractivity contribution in [1.29, 1.82) is 0 Å². The van der Waals surface area contributed by atoms with Crippen LogP contribution in [0.1, 0.15) is 23.0 Å². The monoisotopic (exact) mass is 465 g/mol. The van der Waals surface area contributed by atoms with Crippen LogP contribution in [0.3, 0.4) is 0 Å². The highest BCUT2D eigenvalue weighted by Crippen LogP contribution is 2.31. The van der Waals surface area contributed by atoms with E-state index < -0.39 is 5.38 Å². The standard InChI is InChI=1S/C26H28ClN3O3/c1-18(27)25(31)28-12-14-29(15-13-28)26(32)23-17-24(20-8-5-4-6-9-20)30(19(23)2)21-10-7-11-22(16-21)33-3/h4-11,16-18H,12-15H2,1-3H3. The molecule has 1 fully saturated rings. The lowest BCUT2D eigenvalue weighted by molar-refractivity contribution is -0.131. The molecule has 7 heteroatoms. The number of halogens is 1. The summed E-state index contributed by atoms with van der Waals surface area (Å²) >= 11 is 5.95. The Labute approximate surface area is 199 Å². The summed E-state index contributed by atoms with van der Waals surface area (Å²) in [7, 11) is 1.64. The Morgan fingerprint density at radius 3 is 2.24 bits per heavy atom. The minimum Gasteiger partial charge on any atom is -0.497 e. The number of carbonyl (C=O) groups excluding carboxylic acids is 2. The van der Waals surface area contributed by atoms with Gasteiger partial charge in [0.25, 0.3) is 5.91 Å². The molecule has 0 spiro atoms. The van der Waals surface area contributed by atoms with Crippen LogP contribution in [0.25, 0.3) is 16.9 Å². The van der Waals surface area contributed by atoms with E-state index in [1.54, 1.807) is 18.9 Å². The molecule has 0 radical (unpaired) electrons. The molecule has 6 nitrogen and oxygen atoms in total. The Kier molecular flexibility index (Phi) is 6.75. The number of benzene rings is 2. The summed E-state index contributed by atoms with van der Waals surface area (Å²) in [5, 5.41) is -0.556. The van der Waals surface area contributed by atoms with E-state index in [1.165, 1.54) is 0 Å². The molecule has 2 amide bonds. The first-order valence-corrected chi connectivity index (χ1v) is 11.5. The number of rotatable bonds is 5. The lowest BCUT2D eigenvalue weighted by Crippen LogP contribution is -2.52. The summed E-state index contributed by atoms with van der Waals surface area (Å²) in [5.41, 5.74) is 4.40. The van der Waals surface area contributed by atoms with E-state index in [-0.39, 0.29) is 11.8 Å². The van der Waals surface area contributed by atoms with Crippen molar-refractivity contribution < 1.29 is 14.3 Å². The molecule has 0 saturated carbocycles. The van der Waals surface area contributed by atoms with Gasteiger partial charge in [-0.2, -0.15) is 0 Å². The van der Waals surface area contributed by atoms with Gasteiger partial charge in [0.15, 0.2) is 0 Å². The molecule has 0 aliphatic carbocycles. The zero-order chi connectivity index (χ0) is 23.5. The molecule has 2 heterocycles. The molecule has 1 atom stereocenters. The van der Waals surface area contributed by atoms with Gasteiger partial charge in [-0.3, -0.25) is 9.59 Å². The van der Waals surface area contributed by atoms with Gasteiger partial charge in [0.1, 0.15) is 11.1 Å². The third-order valence-corrected chi connectivity index (χ3v) is 6.26. The summed E-state index contributed by atoms with van der Waals surface area (Å²) < 4.78 is 7.52. The normalized spacial score (nSPS) is 14.8. The number of nitrogens with zero attached hydrogens (tertiary/aromatic N) is 3. The van der Waals surface area contributed by atoms with Crippen molar-refractivity contribution in [2.75, 3.05) is 33.3 Å². The van der Waals surface area contributed by atoms with Crippen molar-refractivity contribution in [3.05, 3.63) is 71.9 Å². The van der Waals surface area contributed by atoms with Crippen LogP contribution in [0.2, 0.25) is 0 Å². The average Bonchev–Trinajstić information content (AvgIpc) is 3.20. The lowest BCUT2D eigenvalue weighted by atomic mass is 10.1. The Morgan fingerprint density at radius 2 is 1.61 bits per heavy atom. The maximum atomic E-state index is 13.5. The van der Waals surface area contributed by atoms with E-state index in [1.807, 2.05) is 72.5 Å². The number of hydrogen-bond acceptors (Lipinski definition) is 3. The predicted octanol–water partition coefficient (Wildman–Crippen LogP) is 4.37. The van der Waals surface area contributed by atoms with E-state index >= 15 is 0 Å². The van der Waals surface area contributed by atoms with Crippen LogP contribution in [-0.4, -0.2) is 64.8 Å². The number of hydrogen-bond donors (Lipinski definition) is 0. The highest BCUT2D eigenvalue weighted by Gasteiger charge is 2.29. The summed E-state index contributed by atoms with van der Waals surface area (Å²) in [5.74, 6) is 0.634. The Bertz CT molecular complexity index is 1150. The zero-order valence-corrected chi connectivity index (χ0v) is 19.9.